The van der Waals surface area contributed by atoms with Gasteiger partial charge < -0.3 is 10.3 Å². The van der Waals surface area contributed by atoms with E-state index >= 15 is 0 Å². The second-order valence-corrected chi connectivity index (χ2v) is 5.79. The van der Waals surface area contributed by atoms with Crippen LogP contribution in [0.4, 0.5) is 0 Å². The zero-order valence-corrected chi connectivity index (χ0v) is 13.4. The van der Waals surface area contributed by atoms with E-state index in [4.69, 9.17) is 10.3 Å². The van der Waals surface area contributed by atoms with Crippen LogP contribution in [0.3, 0.4) is 0 Å². The molecule has 1 aromatic carbocycles. The highest BCUT2D eigenvalue weighted by Gasteiger charge is 2.12. The first-order chi connectivity index (χ1) is 11.5. The van der Waals surface area contributed by atoms with Crippen molar-refractivity contribution in [3.05, 3.63) is 41.5 Å². The maximum Gasteiger partial charge on any atom is 0.248 e. The summed E-state index contributed by atoms with van der Waals surface area (Å²) in [6, 6.07) is 6.68. The lowest BCUT2D eigenvalue weighted by atomic mass is 10.1. The Morgan fingerprint density at radius 1 is 1.29 bits per heavy atom. The first kappa shape index (κ1) is 15.8. The van der Waals surface area contributed by atoms with Crippen LogP contribution < -0.4 is 5.73 Å². The lowest BCUT2D eigenvalue weighted by Gasteiger charge is -1.97. The van der Waals surface area contributed by atoms with Crippen LogP contribution in [-0.2, 0) is 13.0 Å². The molecule has 1 amide bonds. The molecule has 0 spiro atoms. The number of amides is 1. The average molecular weight is 327 g/mol. The Labute approximate surface area is 137 Å². The summed E-state index contributed by atoms with van der Waals surface area (Å²) in [6.45, 7) is 4.44. The number of carbonyl (C=O) groups is 1. The fourth-order valence-electron chi connectivity index (χ4n) is 2.12. The lowest BCUT2D eigenvalue weighted by molar-refractivity contribution is 0.100. The summed E-state index contributed by atoms with van der Waals surface area (Å²) >= 11 is 0. The zero-order valence-electron chi connectivity index (χ0n) is 13.4. The molecule has 124 valence electrons. The summed E-state index contributed by atoms with van der Waals surface area (Å²) in [5.41, 5.74) is 6.38. The Hall–Kier alpha value is -3.10. The van der Waals surface area contributed by atoms with Gasteiger partial charge in [-0.3, -0.25) is 4.79 Å². The highest BCUT2D eigenvalue weighted by atomic mass is 16.5. The van der Waals surface area contributed by atoms with Crippen molar-refractivity contribution in [2.75, 3.05) is 0 Å². The van der Waals surface area contributed by atoms with Crippen molar-refractivity contribution in [3.63, 3.8) is 0 Å². The van der Waals surface area contributed by atoms with Crippen LogP contribution in [0.25, 0.3) is 11.4 Å². The molecule has 3 aromatic rings. The van der Waals surface area contributed by atoms with Crippen LogP contribution in [-0.4, -0.2) is 36.3 Å². The smallest absolute Gasteiger partial charge is 0.248 e. The predicted octanol–water partition coefficient (Wildman–Crippen LogP) is 1.07. The van der Waals surface area contributed by atoms with Crippen molar-refractivity contribution < 1.29 is 9.32 Å². The highest BCUT2D eigenvalue weighted by molar-refractivity contribution is 5.93. The van der Waals surface area contributed by atoms with E-state index < -0.39 is 5.91 Å². The van der Waals surface area contributed by atoms with Gasteiger partial charge >= 0.3 is 0 Å². The van der Waals surface area contributed by atoms with E-state index in [0.717, 1.165) is 12.0 Å². The van der Waals surface area contributed by atoms with Crippen molar-refractivity contribution in [3.8, 4) is 11.4 Å². The molecular formula is C15H17N7O2. The molecule has 0 aliphatic heterocycles. The Balaban J connectivity index is 1.71. The van der Waals surface area contributed by atoms with Crippen molar-refractivity contribution in [2.45, 2.75) is 26.8 Å². The standard InChI is InChI=1S/C15H17N7O2/c1-9(2)7-13-17-12(20-24-13)8-22-19-15(18-21-22)11-5-3-10(4-6-11)14(16)23/h3-6,9H,7-8H2,1-2H3,(H2,16,23). The fourth-order valence-corrected chi connectivity index (χ4v) is 2.12. The number of nitrogens with two attached hydrogens (primary N) is 1. The first-order valence-corrected chi connectivity index (χ1v) is 7.51. The van der Waals surface area contributed by atoms with E-state index in [9.17, 15) is 4.79 Å². The Morgan fingerprint density at radius 2 is 2.04 bits per heavy atom. The third kappa shape index (κ3) is 3.62. The van der Waals surface area contributed by atoms with Gasteiger partial charge in [-0.1, -0.05) is 31.1 Å². The molecule has 0 aliphatic carbocycles. The molecule has 9 heteroatoms. The molecule has 2 aromatic heterocycles. The van der Waals surface area contributed by atoms with Crippen molar-refractivity contribution >= 4 is 5.91 Å². The van der Waals surface area contributed by atoms with Gasteiger partial charge in [-0.2, -0.15) is 9.78 Å². The van der Waals surface area contributed by atoms with E-state index in [1.54, 1.807) is 24.3 Å². The summed E-state index contributed by atoms with van der Waals surface area (Å²) in [5.74, 6) is 1.50. The maximum atomic E-state index is 11.1. The molecule has 0 atom stereocenters. The minimum atomic E-state index is -0.479. The van der Waals surface area contributed by atoms with Gasteiger partial charge in [-0.25, -0.2) is 0 Å². The van der Waals surface area contributed by atoms with E-state index in [1.807, 2.05) is 0 Å². The van der Waals surface area contributed by atoms with Gasteiger partial charge in [-0.05, 0) is 23.3 Å². The molecule has 9 nitrogen and oxygen atoms in total. The normalized spacial score (nSPS) is 11.1. The molecular weight excluding hydrogens is 310 g/mol. The van der Waals surface area contributed by atoms with Gasteiger partial charge in [0, 0.05) is 17.5 Å². The van der Waals surface area contributed by atoms with Gasteiger partial charge in [0.25, 0.3) is 0 Å². The molecule has 0 bridgehead atoms. The quantitative estimate of drug-likeness (QED) is 0.717. The summed E-state index contributed by atoms with van der Waals surface area (Å²) in [4.78, 5) is 16.8. The molecule has 0 saturated carbocycles. The molecule has 24 heavy (non-hydrogen) atoms. The van der Waals surface area contributed by atoms with Crippen molar-refractivity contribution in [1.29, 1.82) is 0 Å². The number of nitrogens with zero attached hydrogens (tertiary/aromatic N) is 6. The minimum absolute atomic E-state index is 0.272. The highest BCUT2D eigenvalue weighted by Crippen LogP contribution is 2.14. The number of rotatable bonds is 6. The monoisotopic (exact) mass is 327 g/mol. The second kappa shape index (κ2) is 6.57. The molecule has 2 heterocycles. The average Bonchev–Trinajstić information content (AvgIpc) is 3.17. The molecule has 3 rings (SSSR count). The van der Waals surface area contributed by atoms with E-state index in [1.165, 1.54) is 4.80 Å². The Bertz CT molecular complexity index is 836. The van der Waals surface area contributed by atoms with Crippen LogP contribution in [0.15, 0.2) is 28.8 Å². The Morgan fingerprint density at radius 3 is 2.71 bits per heavy atom. The van der Waals surface area contributed by atoms with Gasteiger partial charge in [0.05, 0.1) is 0 Å². The number of primary amides is 1. The van der Waals surface area contributed by atoms with Crippen LogP contribution in [0.1, 0.15) is 35.9 Å². The molecule has 2 N–H and O–H groups in total. The van der Waals surface area contributed by atoms with Crippen LogP contribution in [0, 0.1) is 5.92 Å². The van der Waals surface area contributed by atoms with Crippen molar-refractivity contribution in [1.82, 2.24) is 30.3 Å². The van der Waals surface area contributed by atoms with E-state index in [2.05, 4.69) is 39.4 Å². The molecule has 0 unspecified atom stereocenters. The Kier molecular flexibility index (Phi) is 4.32. The summed E-state index contributed by atoms with van der Waals surface area (Å²) < 4.78 is 5.18. The molecule has 0 fully saturated rings. The lowest BCUT2D eigenvalue weighted by Crippen LogP contribution is -2.10. The van der Waals surface area contributed by atoms with Crippen LogP contribution >= 0.6 is 0 Å². The maximum absolute atomic E-state index is 11.1. The molecule has 0 radical (unpaired) electrons. The minimum Gasteiger partial charge on any atom is -0.366 e. The van der Waals surface area contributed by atoms with Gasteiger partial charge in [0.1, 0.15) is 6.54 Å². The third-order valence-electron chi connectivity index (χ3n) is 3.26. The largest absolute Gasteiger partial charge is 0.366 e. The SMILES string of the molecule is CC(C)Cc1nc(Cn2nnc(-c3ccc(C(N)=O)cc3)n2)no1. The van der Waals surface area contributed by atoms with Gasteiger partial charge in [0.2, 0.25) is 17.6 Å². The number of tetrazole rings is 1. The predicted molar refractivity (Wildman–Crippen MR) is 83.7 cm³/mol. The second-order valence-electron chi connectivity index (χ2n) is 5.79. The summed E-state index contributed by atoms with van der Waals surface area (Å²) in [5, 5.41) is 16.2. The van der Waals surface area contributed by atoms with Gasteiger partial charge in [-0.15, -0.1) is 10.2 Å². The first-order valence-electron chi connectivity index (χ1n) is 7.51. The summed E-state index contributed by atoms with van der Waals surface area (Å²) in [6.07, 6.45) is 0.731. The molecule has 0 aliphatic rings. The number of carbonyl (C=O) groups excluding carboxylic acids is 1. The van der Waals surface area contributed by atoms with Crippen molar-refractivity contribution in [2.24, 2.45) is 11.7 Å². The van der Waals surface area contributed by atoms with E-state index in [0.29, 0.717) is 29.0 Å². The van der Waals surface area contributed by atoms with Gasteiger partial charge in [0.15, 0.2) is 5.82 Å². The third-order valence-corrected chi connectivity index (χ3v) is 3.26. The van der Waals surface area contributed by atoms with Crippen LogP contribution in [0.2, 0.25) is 0 Å². The van der Waals surface area contributed by atoms with Crippen LogP contribution in [0.5, 0.6) is 0 Å². The topological polar surface area (TPSA) is 126 Å². The number of benzene rings is 1. The molecule has 0 saturated heterocycles. The van der Waals surface area contributed by atoms with E-state index in [-0.39, 0.29) is 6.54 Å². The fraction of sp³-hybridized carbons (Fsp3) is 0.333. The zero-order chi connectivity index (χ0) is 17.1. The number of hydrogen-bond acceptors (Lipinski definition) is 7. The summed E-state index contributed by atoms with van der Waals surface area (Å²) in [7, 11) is 0. The number of aromatic nitrogens is 6. The number of hydrogen-bond donors (Lipinski definition) is 1.